The molecule has 0 aromatic heterocycles. The van der Waals surface area contributed by atoms with E-state index in [1.54, 1.807) is 20.8 Å². The Morgan fingerprint density at radius 3 is 2.43 bits per heavy atom. The lowest BCUT2D eigenvalue weighted by molar-refractivity contribution is -0.139. The smallest absolute Gasteiger partial charge is 0.410 e. The summed E-state index contributed by atoms with van der Waals surface area (Å²) in [6.07, 6.45) is -0.978. The molecule has 0 radical (unpaired) electrons. The Morgan fingerprint density at radius 2 is 1.95 bits per heavy atom. The second-order valence-electron chi connectivity index (χ2n) is 6.96. The molecule has 0 aromatic rings. The molecular weight excluding hydrogens is 284 g/mol. The Balaban J connectivity index is 2.15. The quantitative estimate of drug-likeness (QED) is 0.852. The lowest BCUT2D eigenvalue weighted by Crippen LogP contribution is -2.51. The minimum absolute atomic E-state index is 0.00897. The lowest BCUT2D eigenvalue weighted by atomic mass is 9.88. The predicted octanol–water partition coefficient (Wildman–Crippen LogP) is 2.88. The van der Waals surface area contributed by atoms with Crippen molar-refractivity contribution in [2.24, 2.45) is 5.92 Å². The van der Waals surface area contributed by atoms with Crippen LogP contribution in [-0.4, -0.2) is 45.7 Å². The van der Waals surface area contributed by atoms with Gasteiger partial charge in [0, 0.05) is 18.9 Å². The van der Waals surface area contributed by atoms with Gasteiger partial charge in [0.2, 0.25) is 0 Å². The zero-order valence-corrected chi connectivity index (χ0v) is 12.4. The predicted molar refractivity (Wildman–Crippen MR) is 70.2 cm³/mol. The molecule has 3 atom stereocenters. The molecule has 0 spiro atoms. The van der Waals surface area contributed by atoms with Gasteiger partial charge in [0.05, 0.1) is 6.04 Å². The van der Waals surface area contributed by atoms with Gasteiger partial charge in [-0.25, -0.2) is 13.6 Å². The van der Waals surface area contributed by atoms with Crippen molar-refractivity contribution < 1.29 is 28.2 Å². The number of halogens is 2. The number of nitrogens with zero attached hydrogens (tertiary/aromatic N) is 1. The first-order chi connectivity index (χ1) is 9.49. The van der Waals surface area contributed by atoms with E-state index in [9.17, 15) is 18.4 Å². The molecule has 2 aliphatic heterocycles. The Labute approximate surface area is 122 Å². The first kappa shape index (κ1) is 16.0. The summed E-state index contributed by atoms with van der Waals surface area (Å²) in [5.41, 5.74) is -0.746. The van der Waals surface area contributed by atoms with Gasteiger partial charge < -0.3 is 9.84 Å². The fourth-order valence-corrected chi connectivity index (χ4v) is 3.29. The van der Waals surface area contributed by atoms with Crippen molar-refractivity contribution in [3.8, 4) is 0 Å². The molecule has 2 fully saturated rings. The van der Waals surface area contributed by atoms with Gasteiger partial charge in [0.15, 0.2) is 0 Å². The van der Waals surface area contributed by atoms with Crippen molar-refractivity contribution in [1.29, 1.82) is 0 Å². The molecule has 2 rings (SSSR count). The van der Waals surface area contributed by atoms with Crippen LogP contribution in [0.3, 0.4) is 0 Å². The van der Waals surface area contributed by atoms with Crippen molar-refractivity contribution in [3.63, 3.8) is 0 Å². The highest BCUT2D eigenvalue weighted by Crippen LogP contribution is 2.48. The molecule has 2 bridgehead atoms. The van der Waals surface area contributed by atoms with E-state index in [0.717, 1.165) is 4.90 Å². The minimum Gasteiger partial charge on any atom is -0.481 e. The summed E-state index contributed by atoms with van der Waals surface area (Å²) < 4.78 is 33.3. The molecule has 2 aliphatic rings. The van der Waals surface area contributed by atoms with Gasteiger partial charge in [0.25, 0.3) is 5.92 Å². The Bertz CT molecular complexity index is 447. The number of alkyl halides is 2. The highest BCUT2D eigenvalue weighted by atomic mass is 19.3. The molecule has 21 heavy (non-hydrogen) atoms. The summed E-state index contributed by atoms with van der Waals surface area (Å²) in [4.78, 5) is 24.0. The third-order valence-corrected chi connectivity index (χ3v) is 3.95. The maximum Gasteiger partial charge on any atom is 0.410 e. The van der Waals surface area contributed by atoms with Crippen LogP contribution in [-0.2, 0) is 9.53 Å². The summed E-state index contributed by atoms with van der Waals surface area (Å²) in [6.45, 7) is 5.05. The van der Waals surface area contributed by atoms with E-state index in [2.05, 4.69) is 0 Å². The van der Waals surface area contributed by atoms with E-state index in [1.807, 2.05) is 0 Å². The van der Waals surface area contributed by atoms with Gasteiger partial charge >= 0.3 is 12.1 Å². The largest absolute Gasteiger partial charge is 0.481 e. The number of rotatable bonds is 2. The van der Waals surface area contributed by atoms with Crippen LogP contribution in [0.4, 0.5) is 13.6 Å². The van der Waals surface area contributed by atoms with E-state index < -0.39 is 42.1 Å². The van der Waals surface area contributed by atoms with Crippen LogP contribution in [0, 0.1) is 5.92 Å². The zero-order valence-electron chi connectivity index (χ0n) is 12.4. The number of hydrogen-bond donors (Lipinski definition) is 1. The van der Waals surface area contributed by atoms with Gasteiger partial charge in [-0.1, -0.05) is 0 Å². The van der Waals surface area contributed by atoms with Gasteiger partial charge in [-0.05, 0) is 39.5 Å². The number of fused-ring (bicyclic) bond motifs is 2. The lowest BCUT2D eigenvalue weighted by Gasteiger charge is -2.39. The van der Waals surface area contributed by atoms with Crippen molar-refractivity contribution in [3.05, 3.63) is 0 Å². The van der Waals surface area contributed by atoms with Crippen molar-refractivity contribution in [2.45, 2.75) is 70.1 Å². The summed E-state index contributed by atoms with van der Waals surface area (Å²) >= 11 is 0. The summed E-state index contributed by atoms with van der Waals surface area (Å²) in [6, 6.07) is -1.90. The third kappa shape index (κ3) is 3.44. The highest BCUT2D eigenvalue weighted by Gasteiger charge is 2.59. The van der Waals surface area contributed by atoms with Crippen LogP contribution in [0.25, 0.3) is 0 Å². The fraction of sp³-hybridized carbons (Fsp3) is 0.857. The van der Waals surface area contributed by atoms with Gasteiger partial charge in [-0.15, -0.1) is 0 Å². The molecule has 5 nitrogen and oxygen atoms in total. The number of hydrogen-bond acceptors (Lipinski definition) is 3. The maximum absolute atomic E-state index is 14.1. The van der Waals surface area contributed by atoms with E-state index >= 15 is 0 Å². The second kappa shape index (κ2) is 5.10. The van der Waals surface area contributed by atoms with Crippen LogP contribution in [0.5, 0.6) is 0 Å². The van der Waals surface area contributed by atoms with Gasteiger partial charge in [-0.3, -0.25) is 9.69 Å². The molecular formula is C14H21F2NO4. The molecule has 0 aliphatic carbocycles. The van der Waals surface area contributed by atoms with Crippen LogP contribution in [0.2, 0.25) is 0 Å². The topological polar surface area (TPSA) is 66.8 Å². The molecule has 0 unspecified atom stereocenters. The number of carbonyl (C=O) groups excluding carboxylic acids is 1. The van der Waals surface area contributed by atoms with E-state index in [0.29, 0.717) is 0 Å². The molecule has 2 saturated heterocycles. The summed E-state index contributed by atoms with van der Waals surface area (Å²) in [5, 5.41) is 8.82. The van der Waals surface area contributed by atoms with Crippen LogP contribution in [0.15, 0.2) is 0 Å². The molecule has 1 N–H and O–H groups in total. The summed E-state index contributed by atoms with van der Waals surface area (Å²) in [5.74, 6) is -4.28. The second-order valence-corrected chi connectivity index (χ2v) is 6.96. The average Bonchev–Trinajstić information content (AvgIpc) is 2.39. The molecule has 120 valence electrons. The van der Waals surface area contributed by atoms with Gasteiger partial charge in [-0.2, -0.15) is 0 Å². The molecule has 7 heteroatoms. The number of piperidine rings is 1. The highest BCUT2D eigenvalue weighted by molar-refractivity contribution is 5.70. The molecule has 2 heterocycles. The number of carbonyl (C=O) groups is 2. The molecule has 1 amide bonds. The maximum atomic E-state index is 14.1. The third-order valence-electron chi connectivity index (χ3n) is 3.95. The number of ether oxygens (including phenoxy) is 1. The number of carboxylic acid groups (broad SMARTS) is 1. The Hall–Kier alpha value is -1.40. The summed E-state index contributed by atoms with van der Waals surface area (Å²) in [7, 11) is 0. The number of aliphatic carboxylic acids is 1. The zero-order chi connectivity index (χ0) is 16.0. The SMILES string of the molecule is CC(C)(C)OC(=O)N1[C@H]2C[C@@H](CC(=O)O)C[C@@H]1C(F)(F)C2. The first-order valence-electron chi connectivity index (χ1n) is 7.10. The Kier molecular flexibility index (Phi) is 3.88. The van der Waals surface area contributed by atoms with E-state index in [4.69, 9.17) is 9.84 Å². The van der Waals surface area contributed by atoms with Crippen LogP contribution < -0.4 is 0 Å². The minimum atomic E-state index is -2.98. The first-order valence-corrected chi connectivity index (χ1v) is 7.10. The fourth-order valence-electron chi connectivity index (χ4n) is 3.29. The number of amides is 1. The van der Waals surface area contributed by atoms with E-state index in [-0.39, 0.29) is 25.2 Å². The molecule has 0 aromatic carbocycles. The van der Waals surface area contributed by atoms with Crippen molar-refractivity contribution in [1.82, 2.24) is 4.90 Å². The average molecular weight is 305 g/mol. The number of carboxylic acids is 1. The normalized spacial score (nSPS) is 31.1. The standard InChI is InChI=1S/C14H21F2NO4/c1-13(2,3)21-12(20)17-9-4-8(6-11(18)19)5-10(17)14(15,16)7-9/h8-10H,4-7H2,1-3H3,(H,18,19)/t8-,9+,10-/m1/s1. The van der Waals surface area contributed by atoms with Gasteiger partial charge in [0.1, 0.15) is 5.60 Å². The Morgan fingerprint density at radius 1 is 1.33 bits per heavy atom. The monoisotopic (exact) mass is 305 g/mol. The van der Waals surface area contributed by atoms with Crippen LogP contribution in [0.1, 0.15) is 46.5 Å². The van der Waals surface area contributed by atoms with Crippen molar-refractivity contribution >= 4 is 12.1 Å². The van der Waals surface area contributed by atoms with Crippen LogP contribution >= 0.6 is 0 Å². The van der Waals surface area contributed by atoms with Crippen molar-refractivity contribution in [2.75, 3.05) is 0 Å². The molecule has 0 saturated carbocycles. The van der Waals surface area contributed by atoms with E-state index in [1.165, 1.54) is 0 Å².